The van der Waals surface area contributed by atoms with E-state index in [2.05, 4.69) is 16.9 Å². The maximum atomic E-state index is 12.6. The largest absolute Gasteiger partial charge is 0.383 e. The van der Waals surface area contributed by atoms with Crippen LogP contribution in [-0.4, -0.2) is 72.4 Å². The number of carbonyl (C=O) groups excluding carboxylic acids is 1. The van der Waals surface area contributed by atoms with Crippen LogP contribution in [0.25, 0.3) is 0 Å². The van der Waals surface area contributed by atoms with Crippen molar-refractivity contribution in [1.29, 1.82) is 0 Å². The molecule has 0 aliphatic carbocycles. The Morgan fingerprint density at radius 1 is 1.41 bits per heavy atom. The van der Waals surface area contributed by atoms with E-state index in [9.17, 15) is 9.59 Å². The van der Waals surface area contributed by atoms with E-state index in [4.69, 9.17) is 4.74 Å². The van der Waals surface area contributed by atoms with E-state index in [-0.39, 0.29) is 11.5 Å². The summed E-state index contributed by atoms with van der Waals surface area (Å²) < 4.78 is 6.23. The molecule has 0 N–H and O–H groups in total. The third-order valence-electron chi connectivity index (χ3n) is 4.12. The number of likely N-dealkylation sites (tertiary alicyclic amines) is 1. The highest BCUT2D eigenvalue weighted by atomic mass is 16.5. The van der Waals surface area contributed by atoms with Crippen LogP contribution in [0.4, 0.5) is 0 Å². The first-order chi connectivity index (χ1) is 10.4. The summed E-state index contributed by atoms with van der Waals surface area (Å²) in [5, 5.41) is 4.17. The highest BCUT2D eigenvalue weighted by Gasteiger charge is 2.34. The molecule has 1 aliphatic heterocycles. The van der Waals surface area contributed by atoms with Crippen LogP contribution in [0.1, 0.15) is 17.4 Å². The molecule has 0 aromatic carbocycles. The van der Waals surface area contributed by atoms with Gasteiger partial charge in [0.05, 0.1) is 13.2 Å². The number of rotatable bonds is 5. The van der Waals surface area contributed by atoms with Gasteiger partial charge in [0.25, 0.3) is 11.5 Å². The summed E-state index contributed by atoms with van der Waals surface area (Å²) in [5.74, 6) is 0.292. The molecular formula is C15H24N4O3. The van der Waals surface area contributed by atoms with Gasteiger partial charge in [-0.25, -0.2) is 4.68 Å². The van der Waals surface area contributed by atoms with Crippen LogP contribution in [0.5, 0.6) is 0 Å². The van der Waals surface area contributed by atoms with Crippen molar-refractivity contribution in [3.05, 3.63) is 28.2 Å². The molecule has 1 aromatic heterocycles. The van der Waals surface area contributed by atoms with Crippen molar-refractivity contribution in [3.8, 4) is 0 Å². The van der Waals surface area contributed by atoms with Gasteiger partial charge in [0.2, 0.25) is 0 Å². The molecule has 2 heterocycles. The minimum absolute atomic E-state index is 0.123. The van der Waals surface area contributed by atoms with E-state index in [1.807, 2.05) is 19.0 Å². The van der Waals surface area contributed by atoms with E-state index >= 15 is 0 Å². The fourth-order valence-electron chi connectivity index (χ4n) is 2.85. The van der Waals surface area contributed by atoms with Gasteiger partial charge in [-0.1, -0.05) is 6.92 Å². The monoisotopic (exact) mass is 308 g/mol. The predicted octanol–water partition coefficient (Wildman–Crippen LogP) is -0.0882. The summed E-state index contributed by atoms with van der Waals surface area (Å²) in [7, 11) is 5.61. The van der Waals surface area contributed by atoms with Gasteiger partial charge in [0.1, 0.15) is 5.69 Å². The van der Waals surface area contributed by atoms with Crippen LogP contribution in [0, 0.1) is 5.92 Å². The molecule has 1 aliphatic rings. The van der Waals surface area contributed by atoms with Gasteiger partial charge in [-0.2, -0.15) is 5.10 Å². The van der Waals surface area contributed by atoms with Crippen molar-refractivity contribution in [2.75, 3.05) is 40.9 Å². The van der Waals surface area contributed by atoms with Crippen molar-refractivity contribution < 1.29 is 9.53 Å². The van der Waals surface area contributed by atoms with E-state index in [0.29, 0.717) is 43.9 Å². The second-order valence-electron chi connectivity index (χ2n) is 5.99. The first-order valence-electron chi connectivity index (χ1n) is 7.47. The molecule has 0 radical (unpaired) electrons. The number of likely N-dealkylation sites (N-methyl/N-ethyl adjacent to an activating group) is 1. The first-order valence-corrected chi connectivity index (χ1v) is 7.47. The van der Waals surface area contributed by atoms with E-state index < -0.39 is 0 Å². The SMILES string of the molecule is COCCn1nc(C(=O)N2CC(C)C(N(C)C)C2)ccc1=O. The summed E-state index contributed by atoms with van der Waals surface area (Å²) >= 11 is 0. The molecule has 0 spiro atoms. The summed E-state index contributed by atoms with van der Waals surface area (Å²) in [5.41, 5.74) is 0.0804. The number of hydrogen-bond acceptors (Lipinski definition) is 5. The topological polar surface area (TPSA) is 67.7 Å². The lowest BCUT2D eigenvalue weighted by Crippen LogP contribution is -2.36. The van der Waals surface area contributed by atoms with Crippen LogP contribution in [0.15, 0.2) is 16.9 Å². The van der Waals surface area contributed by atoms with Crippen LogP contribution in [0.3, 0.4) is 0 Å². The van der Waals surface area contributed by atoms with Gasteiger partial charge in [-0.05, 0) is 26.1 Å². The molecule has 122 valence electrons. The van der Waals surface area contributed by atoms with Gasteiger partial charge < -0.3 is 14.5 Å². The highest BCUT2D eigenvalue weighted by molar-refractivity contribution is 5.92. The Morgan fingerprint density at radius 3 is 2.73 bits per heavy atom. The van der Waals surface area contributed by atoms with Gasteiger partial charge in [0.15, 0.2) is 0 Å². The van der Waals surface area contributed by atoms with Crippen LogP contribution >= 0.6 is 0 Å². The molecule has 2 unspecified atom stereocenters. The normalized spacial score (nSPS) is 21.6. The average molecular weight is 308 g/mol. The summed E-state index contributed by atoms with van der Waals surface area (Å²) in [4.78, 5) is 28.3. The zero-order chi connectivity index (χ0) is 16.3. The van der Waals surface area contributed by atoms with Crippen LogP contribution in [-0.2, 0) is 11.3 Å². The lowest BCUT2D eigenvalue weighted by Gasteiger charge is -2.22. The predicted molar refractivity (Wildman–Crippen MR) is 82.9 cm³/mol. The molecule has 1 saturated heterocycles. The summed E-state index contributed by atoms with van der Waals surface area (Å²) in [6.07, 6.45) is 0. The molecule has 7 nitrogen and oxygen atoms in total. The third-order valence-corrected chi connectivity index (χ3v) is 4.12. The Kier molecular flexibility index (Phi) is 5.31. The summed E-state index contributed by atoms with van der Waals surface area (Å²) in [6.45, 7) is 4.26. The smallest absolute Gasteiger partial charge is 0.274 e. The number of nitrogens with zero attached hydrogens (tertiary/aromatic N) is 4. The molecule has 1 fully saturated rings. The lowest BCUT2D eigenvalue weighted by atomic mass is 10.1. The van der Waals surface area contributed by atoms with Gasteiger partial charge >= 0.3 is 0 Å². The number of carbonyl (C=O) groups is 1. The fraction of sp³-hybridized carbons (Fsp3) is 0.667. The molecule has 2 atom stereocenters. The van der Waals surface area contributed by atoms with Gasteiger partial charge in [0, 0.05) is 32.3 Å². The highest BCUT2D eigenvalue weighted by Crippen LogP contribution is 2.21. The lowest BCUT2D eigenvalue weighted by molar-refractivity contribution is 0.0771. The Labute approximate surface area is 130 Å². The van der Waals surface area contributed by atoms with Gasteiger partial charge in [-0.3, -0.25) is 9.59 Å². The third kappa shape index (κ3) is 3.53. The quantitative estimate of drug-likeness (QED) is 0.760. The first kappa shape index (κ1) is 16.6. The molecule has 2 rings (SSSR count). The molecular weight excluding hydrogens is 284 g/mol. The summed E-state index contributed by atoms with van der Waals surface area (Å²) in [6, 6.07) is 3.24. The second kappa shape index (κ2) is 7.02. The minimum atomic E-state index is -0.227. The van der Waals surface area contributed by atoms with Crippen molar-refractivity contribution in [3.63, 3.8) is 0 Å². The average Bonchev–Trinajstić information content (AvgIpc) is 2.88. The standard InChI is InChI=1S/C15H24N4O3/c1-11-9-18(10-13(11)17(2)3)15(21)12-5-6-14(20)19(16-12)7-8-22-4/h5-6,11,13H,7-10H2,1-4H3. The number of methoxy groups -OCH3 is 1. The number of aromatic nitrogens is 2. The van der Waals surface area contributed by atoms with Crippen LogP contribution in [0.2, 0.25) is 0 Å². The van der Waals surface area contributed by atoms with Crippen molar-refractivity contribution >= 4 is 5.91 Å². The Hall–Kier alpha value is -1.73. The minimum Gasteiger partial charge on any atom is -0.383 e. The van der Waals surface area contributed by atoms with Gasteiger partial charge in [-0.15, -0.1) is 0 Å². The molecule has 7 heteroatoms. The van der Waals surface area contributed by atoms with Crippen molar-refractivity contribution in [2.24, 2.45) is 5.92 Å². The van der Waals surface area contributed by atoms with Crippen molar-refractivity contribution in [2.45, 2.75) is 19.5 Å². The van der Waals surface area contributed by atoms with E-state index in [1.165, 1.54) is 16.8 Å². The number of hydrogen-bond donors (Lipinski definition) is 0. The maximum Gasteiger partial charge on any atom is 0.274 e. The second-order valence-corrected chi connectivity index (χ2v) is 5.99. The zero-order valence-corrected chi connectivity index (χ0v) is 13.7. The Morgan fingerprint density at radius 2 is 2.14 bits per heavy atom. The molecule has 1 aromatic rings. The Balaban J connectivity index is 2.15. The Bertz CT molecular complexity index is 584. The van der Waals surface area contributed by atoms with Crippen LogP contribution < -0.4 is 5.56 Å². The molecule has 22 heavy (non-hydrogen) atoms. The van der Waals surface area contributed by atoms with Crippen molar-refractivity contribution in [1.82, 2.24) is 19.6 Å². The maximum absolute atomic E-state index is 12.6. The fourth-order valence-corrected chi connectivity index (χ4v) is 2.85. The number of amides is 1. The zero-order valence-electron chi connectivity index (χ0n) is 13.7. The van der Waals surface area contributed by atoms with E-state index in [1.54, 1.807) is 7.11 Å². The molecule has 0 bridgehead atoms. The molecule has 0 saturated carbocycles. The molecule has 1 amide bonds. The van der Waals surface area contributed by atoms with E-state index in [0.717, 1.165) is 0 Å². The number of ether oxygens (including phenoxy) is 1.